The molecule has 2 aromatic carbocycles. The van der Waals surface area contributed by atoms with Crippen molar-refractivity contribution in [3.05, 3.63) is 74.0 Å². The Bertz CT molecular complexity index is 936. The van der Waals surface area contributed by atoms with Crippen molar-refractivity contribution in [1.82, 2.24) is 0 Å². The lowest BCUT2D eigenvalue weighted by Crippen LogP contribution is -2.14. The predicted molar refractivity (Wildman–Crippen MR) is 89.6 cm³/mol. The molecular formula is C16H9BrClNO3. The highest BCUT2D eigenvalue weighted by atomic mass is 79.9. The van der Waals surface area contributed by atoms with E-state index in [0.29, 0.717) is 21.7 Å². The van der Waals surface area contributed by atoms with Crippen LogP contribution in [0.25, 0.3) is 11.0 Å². The van der Waals surface area contributed by atoms with Crippen LogP contribution in [0.1, 0.15) is 10.6 Å². The van der Waals surface area contributed by atoms with Crippen LogP contribution in [0.3, 0.4) is 0 Å². The highest BCUT2D eigenvalue weighted by Gasteiger charge is 2.13. The minimum absolute atomic E-state index is 0.0557. The van der Waals surface area contributed by atoms with Gasteiger partial charge in [-0.3, -0.25) is 9.59 Å². The molecule has 0 aliphatic heterocycles. The van der Waals surface area contributed by atoms with Crippen molar-refractivity contribution in [1.29, 1.82) is 0 Å². The van der Waals surface area contributed by atoms with Gasteiger partial charge in [0, 0.05) is 21.2 Å². The molecule has 0 atom stereocenters. The second kappa shape index (κ2) is 5.94. The van der Waals surface area contributed by atoms with E-state index in [1.807, 2.05) is 6.07 Å². The molecule has 1 N–H and O–H groups in total. The molecule has 0 aliphatic rings. The van der Waals surface area contributed by atoms with E-state index in [0.717, 1.165) is 10.5 Å². The molecule has 4 nitrogen and oxygen atoms in total. The number of hydrogen-bond acceptors (Lipinski definition) is 3. The summed E-state index contributed by atoms with van der Waals surface area (Å²) in [6, 6.07) is 13.0. The summed E-state index contributed by atoms with van der Waals surface area (Å²) in [7, 11) is 0. The Labute approximate surface area is 138 Å². The van der Waals surface area contributed by atoms with E-state index in [9.17, 15) is 9.59 Å². The Kier molecular flexibility index (Phi) is 4.00. The van der Waals surface area contributed by atoms with Gasteiger partial charge in [0.15, 0.2) is 11.2 Å². The third-order valence-electron chi connectivity index (χ3n) is 3.00. The van der Waals surface area contributed by atoms with Crippen molar-refractivity contribution in [3.8, 4) is 0 Å². The largest absolute Gasteiger partial charge is 0.451 e. The Morgan fingerprint density at radius 3 is 2.73 bits per heavy atom. The number of benzene rings is 2. The van der Waals surface area contributed by atoms with E-state index in [2.05, 4.69) is 21.2 Å². The maximum absolute atomic E-state index is 12.2. The monoisotopic (exact) mass is 377 g/mol. The summed E-state index contributed by atoms with van der Waals surface area (Å²) in [5.74, 6) is -0.549. The van der Waals surface area contributed by atoms with Gasteiger partial charge in [-0.15, -0.1) is 0 Å². The van der Waals surface area contributed by atoms with Crippen molar-refractivity contribution in [2.45, 2.75) is 0 Å². The molecule has 6 heteroatoms. The number of amides is 1. The second-order valence-electron chi connectivity index (χ2n) is 4.58. The van der Waals surface area contributed by atoms with Crippen LogP contribution >= 0.6 is 27.5 Å². The summed E-state index contributed by atoms with van der Waals surface area (Å²) in [6.07, 6.45) is 0. The van der Waals surface area contributed by atoms with Crippen LogP contribution in [0.2, 0.25) is 5.02 Å². The van der Waals surface area contributed by atoms with Gasteiger partial charge in [-0.05, 0) is 36.4 Å². The number of rotatable bonds is 2. The first-order valence-electron chi connectivity index (χ1n) is 6.33. The summed E-state index contributed by atoms with van der Waals surface area (Å²) in [6.45, 7) is 0. The van der Waals surface area contributed by atoms with E-state index in [1.54, 1.807) is 30.3 Å². The zero-order valence-corrected chi connectivity index (χ0v) is 13.4. The average molecular weight is 379 g/mol. The van der Waals surface area contributed by atoms with Gasteiger partial charge in [-0.25, -0.2) is 0 Å². The van der Waals surface area contributed by atoms with Gasteiger partial charge < -0.3 is 9.73 Å². The van der Waals surface area contributed by atoms with Gasteiger partial charge in [0.1, 0.15) is 5.58 Å². The first-order valence-corrected chi connectivity index (χ1v) is 7.50. The van der Waals surface area contributed by atoms with Crippen LogP contribution < -0.4 is 10.7 Å². The quantitative estimate of drug-likeness (QED) is 0.716. The number of carbonyl (C=O) groups is 1. The molecule has 0 fully saturated rings. The minimum atomic E-state index is -0.493. The van der Waals surface area contributed by atoms with Gasteiger partial charge in [0.25, 0.3) is 5.91 Å². The highest BCUT2D eigenvalue weighted by molar-refractivity contribution is 9.10. The minimum Gasteiger partial charge on any atom is -0.451 e. The number of hydrogen-bond donors (Lipinski definition) is 1. The zero-order valence-electron chi connectivity index (χ0n) is 11.1. The summed E-state index contributed by atoms with van der Waals surface area (Å²) in [5.41, 5.74) is 0.595. The van der Waals surface area contributed by atoms with Crippen molar-refractivity contribution in [2.75, 3.05) is 5.32 Å². The van der Waals surface area contributed by atoms with Gasteiger partial charge in [-0.2, -0.15) is 0 Å². The molecule has 0 aliphatic carbocycles. The molecule has 0 bridgehead atoms. The molecule has 0 saturated carbocycles. The van der Waals surface area contributed by atoms with Gasteiger partial charge in [0.05, 0.1) is 5.39 Å². The molecule has 0 spiro atoms. The number of halogens is 2. The molecule has 0 radical (unpaired) electrons. The molecule has 3 rings (SSSR count). The fourth-order valence-electron chi connectivity index (χ4n) is 2.00. The lowest BCUT2D eigenvalue weighted by atomic mass is 10.2. The molecular weight excluding hydrogens is 370 g/mol. The predicted octanol–water partition coefficient (Wildman–Crippen LogP) is 4.46. The van der Waals surface area contributed by atoms with E-state index in [4.69, 9.17) is 16.0 Å². The lowest BCUT2D eigenvalue weighted by molar-refractivity contribution is 0.0997. The normalized spacial score (nSPS) is 10.6. The van der Waals surface area contributed by atoms with Crippen LogP contribution in [-0.4, -0.2) is 5.91 Å². The smallest absolute Gasteiger partial charge is 0.291 e. The topological polar surface area (TPSA) is 59.3 Å². The van der Waals surface area contributed by atoms with Gasteiger partial charge in [-0.1, -0.05) is 33.6 Å². The third-order valence-corrected chi connectivity index (χ3v) is 3.72. The van der Waals surface area contributed by atoms with Crippen LogP contribution in [0.4, 0.5) is 5.69 Å². The van der Waals surface area contributed by atoms with E-state index < -0.39 is 5.91 Å². The summed E-state index contributed by atoms with van der Waals surface area (Å²) < 4.78 is 6.31. The molecule has 3 aromatic rings. The average Bonchev–Trinajstić information content (AvgIpc) is 2.48. The third kappa shape index (κ3) is 3.05. The van der Waals surface area contributed by atoms with Crippen LogP contribution in [0.15, 0.2) is 62.2 Å². The first kappa shape index (κ1) is 14.8. The van der Waals surface area contributed by atoms with Gasteiger partial charge >= 0.3 is 0 Å². The molecule has 22 heavy (non-hydrogen) atoms. The lowest BCUT2D eigenvalue weighted by Gasteiger charge is -2.06. The first-order chi connectivity index (χ1) is 10.5. The Morgan fingerprint density at radius 2 is 1.95 bits per heavy atom. The number of carbonyl (C=O) groups excluding carboxylic acids is 1. The van der Waals surface area contributed by atoms with Crippen molar-refractivity contribution in [2.24, 2.45) is 0 Å². The molecule has 0 unspecified atom stereocenters. The van der Waals surface area contributed by atoms with Gasteiger partial charge in [0.2, 0.25) is 0 Å². The Hall–Kier alpha value is -2.11. The molecule has 1 heterocycles. The standard InChI is InChI=1S/C16H9BrClNO3/c17-9-2-1-3-11(6-9)19-16(21)15-8-13(20)12-7-10(18)4-5-14(12)22-15/h1-8H,(H,19,21). The van der Waals surface area contributed by atoms with E-state index in [1.165, 1.54) is 6.07 Å². The fraction of sp³-hybridized carbons (Fsp3) is 0. The fourth-order valence-corrected chi connectivity index (χ4v) is 2.57. The number of anilines is 1. The summed E-state index contributed by atoms with van der Waals surface area (Å²) in [4.78, 5) is 24.3. The van der Waals surface area contributed by atoms with Crippen LogP contribution in [0, 0.1) is 0 Å². The Balaban J connectivity index is 1.98. The maximum atomic E-state index is 12.2. The summed E-state index contributed by atoms with van der Waals surface area (Å²) in [5, 5.41) is 3.45. The molecule has 110 valence electrons. The maximum Gasteiger partial charge on any atom is 0.291 e. The SMILES string of the molecule is O=C(Nc1cccc(Br)c1)c1cc(=O)c2cc(Cl)ccc2o1. The molecule has 1 amide bonds. The van der Waals surface area contributed by atoms with E-state index >= 15 is 0 Å². The molecule has 0 saturated heterocycles. The van der Waals surface area contributed by atoms with E-state index in [-0.39, 0.29) is 11.2 Å². The van der Waals surface area contributed by atoms with Crippen LogP contribution in [0.5, 0.6) is 0 Å². The second-order valence-corrected chi connectivity index (χ2v) is 5.93. The summed E-state index contributed by atoms with van der Waals surface area (Å²) >= 11 is 9.17. The highest BCUT2D eigenvalue weighted by Crippen LogP contribution is 2.19. The number of nitrogens with one attached hydrogen (secondary N) is 1. The number of fused-ring (bicyclic) bond motifs is 1. The molecule has 1 aromatic heterocycles. The van der Waals surface area contributed by atoms with Crippen molar-refractivity contribution in [3.63, 3.8) is 0 Å². The Morgan fingerprint density at radius 1 is 1.14 bits per heavy atom. The zero-order chi connectivity index (χ0) is 15.7. The van der Waals surface area contributed by atoms with Crippen molar-refractivity contribution >= 4 is 50.1 Å². The van der Waals surface area contributed by atoms with Crippen molar-refractivity contribution < 1.29 is 9.21 Å². The van der Waals surface area contributed by atoms with Crippen LogP contribution in [-0.2, 0) is 0 Å².